The summed E-state index contributed by atoms with van der Waals surface area (Å²) < 4.78 is 12.2. The molecular weight excluding hydrogens is 1280 g/mol. The molecule has 0 atom stereocenters. The van der Waals surface area contributed by atoms with Gasteiger partial charge in [0.25, 0.3) is 10.9 Å². The standard InChI is InChI=1S/C78H54N8O6.2Zn/c1-41(2)91-77-71(73(87)75(77)89)69-59-37-29-51(83-59)63(43-17-9-5-10-18-43)47-25-33-55(79-47)67(56-34-26-48(80-56)64(44-19-11-6-12-20-44)52-30-38-60(69)84-52)68-57-35-27-49(81-57)65(45-21-13-7-14-22-45)53-31-39-61(85-53)70(72-74(88)76(90)78(72)92-42(3)4)62-40-32-54(86-62)66(46-23-15-8-16-24-46)50-28-36-58(68)82-50;;/h5-42H,1-4H3,(H4,79,80,81,82,83,84,85,86,87,88,89,90);;/q;2*+2/p-4. The first-order valence-electron chi connectivity index (χ1n) is 30.3. The van der Waals surface area contributed by atoms with Gasteiger partial charge in [-0.1, -0.05) is 170 Å². The van der Waals surface area contributed by atoms with Crippen LogP contribution in [-0.4, -0.2) is 32.1 Å². The molecule has 12 aromatic rings. The first-order valence-corrected chi connectivity index (χ1v) is 30.3. The molecule has 14 nitrogen and oxygen atoms in total. The molecule has 4 aliphatic heterocycles. The molecule has 16 bridgehead atoms. The Morgan fingerprint density at radius 3 is 0.660 bits per heavy atom. The van der Waals surface area contributed by atoms with Gasteiger partial charge in [0.2, 0.25) is 10.9 Å². The van der Waals surface area contributed by atoms with Gasteiger partial charge >= 0.3 is 39.0 Å². The molecule has 0 saturated heterocycles. The summed E-state index contributed by atoms with van der Waals surface area (Å²) in [5, 5.41) is 0. The van der Waals surface area contributed by atoms with Crippen LogP contribution >= 0.6 is 0 Å². The van der Waals surface area contributed by atoms with E-state index in [2.05, 4.69) is 0 Å². The second kappa shape index (κ2) is 24.3. The Balaban J connectivity index is 0.00000382. The third-order valence-electron chi connectivity index (χ3n) is 16.7. The molecular formula is C78H50N8O6Zn2. The second-order valence-corrected chi connectivity index (χ2v) is 23.2. The maximum absolute atomic E-state index is 13.9. The summed E-state index contributed by atoms with van der Waals surface area (Å²) in [4.78, 5) is 98.5. The predicted molar refractivity (Wildman–Crippen MR) is 367 cm³/mol. The van der Waals surface area contributed by atoms with Gasteiger partial charge in [-0.05, 0) is 132 Å². The average molecular weight is 1330 g/mol. The normalized spacial score (nSPS) is 12.3. The molecule has 94 heavy (non-hydrogen) atoms. The van der Waals surface area contributed by atoms with E-state index in [0.29, 0.717) is 134 Å². The van der Waals surface area contributed by atoms with Gasteiger partial charge in [0.15, 0.2) is 11.5 Å². The zero-order valence-electron chi connectivity index (χ0n) is 51.4. The van der Waals surface area contributed by atoms with Gasteiger partial charge in [0.05, 0.1) is 68.9 Å². The number of hydrogen-bond donors (Lipinski definition) is 0. The van der Waals surface area contributed by atoms with Crippen LogP contribution in [0.15, 0.2) is 189 Å². The summed E-state index contributed by atoms with van der Waals surface area (Å²) in [6.45, 7) is 7.25. The smallest absolute Gasteiger partial charge is 0.657 e. The minimum atomic E-state index is -0.701. The average Bonchev–Trinajstić information content (AvgIpc) is 1.71. The summed E-state index contributed by atoms with van der Waals surface area (Å²) in [6, 6.07) is 55.0. The van der Waals surface area contributed by atoms with Crippen LogP contribution in [0.5, 0.6) is 11.5 Å². The molecule has 442 valence electrons. The van der Waals surface area contributed by atoms with Crippen molar-refractivity contribution in [3.8, 4) is 89.4 Å². The fourth-order valence-electron chi connectivity index (χ4n) is 12.7. The van der Waals surface area contributed by atoms with E-state index in [0.717, 1.165) is 22.3 Å². The van der Waals surface area contributed by atoms with Gasteiger partial charge in [-0.15, -0.1) is 44.1 Å². The van der Waals surface area contributed by atoms with Crippen molar-refractivity contribution >= 4 is 92.7 Å². The van der Waals surface area contributed by atoms with Crippen molar-refractivity contribution in [2.75, 3.05) is 0 Å². The maximum Gasteiger partial charge on any atom is 2.00 e. The van der Waals surface area contributed by atoms with Crippen molar-refractivity contribution in [2.24, 2.45) is 0 Å². The van der Waals surface area contributed by atoms with Crippen molar-refractivity contribution in [1.29, 1.82) is 0 Å². The summed E-state index contributed by atoms with van der Waals surface area (Å²) >= 11 is 0. The van der Waals surface area contributed by atoms with E-state index < -0.39 is 33.9 Å². The van der Waals surface area contributed by atoms with Gasteiger partial charge in [0, 0.05) is 11.1 Å². The molecule has 16 heteroatoms. The summed E-state index contributed by atoms with van der Waals surface area (Å²) in [6.07, 6.45) is 14.6. The van der Waals surface area contributed by atoms with Crippen LogP contribution in [0.2, 0.25) is 0 Å². The molecule has 0 saturated carbocycles. The molecule has 16 rings (SSSR count). The molecule has 6 aromatic heterocycles. The zero-order valence-corrected chi connectivity index (χ0v) is 57.3. The van der Waals surface area contributed by atoms with Gasteiger partial charge < -0.3 is 29.4 Å². The summed E-state index contributed by atoms with van der Waals surface area (Å²) in [5.74, 6) is -0.0441. The van der Waals surface area contributed by atoms with E-state index in [1.165, 1.54) is 0 Å². The molecule has 4 aliphatic rings. The SMILES string of the molecule is CC(C)Oc1c(-c2c3nc(c(-c4ccccc4)c4ccc([n-]4)c(-c4c5nc(c(-c6ccccc6)c6ccc([n-]6)c(-c6c(OC(C)C)c(=O)c6=O)c6nc(c(-c7ccccc7)c7ccc4[n-]7)C=C6)C=C5)c4nc(c(-c5ccccc5)c5ccc2[n-]5)C=C4)C=C3)c(=O)c1=O.[Zn+2].[Zn+2]. The molecule has 10 heterocycles. The van der Waals surface area contributed by atoms with E-state index in [1.807, 2.05) is 246 Å². The third kappa shape index (κ3) is 10.3. The fraction of sp³-hybridized carbons (Fsp3) is 0.0769. The molecule has 0 spiro atoms. The zero-order chi connectivity index (χ0) is 62.5. The molecule has 6 aromatic carbocycles. The molecule has 0 amide bonds. The number of hydrogen-bond acceptors (Lipinski definition) is 10. The van der Waals surface area contributed by atoms with Crippen LogP contribution in [0.4, 0.5) is 0 Å². The topological polar surface area (TPSA) is 195 Å². The van der Waals surface area contributed by atoms with Crippen molar-refractivity contribution in [3.63, 3.8) is 0 Å². The first-order chi connectivity index (χ1) is 44.9. The van der Waals surface area contributed by atoms with E-state index in [4.69, 9.17) is 49.3 Å². The van der Waals surface area contributed by atoms with Crippen LogP contribution in [-0.2, 0) is 39.0 Å². The van der Waals surface area contributed by atoms with E-state index in [1.54, 1.807) is 0 Å². The van der Waals surface area contributed by atoms with E-state index in [-0.39, 0.29) is 61.6 Å². The van der Waals surface area contributed by atoms with E-state index in [9.17, 15) is 19.2 Å². The van der Waals surface area contributed by atoms with Crippen molar-refractivity contribution < 1.29 is 48.4 Å². The minimum Gasteiger partial charge on any atom is -0.657 e. The van der Waals surface area contributed by atoms with Gasteiger partial charge in [0.1, 0.15) is 0 Å². The van der Waals surface area contributed by atoms with Crippen LogP contribution in [0.25, 0.3) is 171 Å². The summed E-state index contributed by atoms with van der Waals surface area (Å²) in [5.41, 5.74) is 14.1. The second-order valence-electron chi connectivity index (χ2n) is 23.2. The Kier molecular flexibility index (Phi) is 15.7. The van der Waals surface area contributed by atoms with Gasteiger partial charge in [-0.2, -0.15) is 0 Å². The maximum atomic E-state index is 13.9. The fourth-order valence-corrected chi connectivity index (χ4v) is 12.7. The molecule has 0 aliphatic carbocycles. The van der Waals surface area contributed by atoms with Gasteiger partial charge in [-0.3, -0.25) is 19.2 Å². The van der Waals surface area contributed by atoms with Crippen LogP contribution in [0.3, 0.4) is 0 Å². The first kappa shape index (κ1) is 60.6. The molecule has 0 fully saturated rings. The molecule has 0 unspecified atom stereocenters. The van der Waals surface area contributed by atoms with Crippen molar-refractivity contribution in [3.05, 3.63) is 256 Å². The predicted octanol–water partition coefficient (Wildman–Crippen LogP) is 14.6. The third-order valence-corrected chi connectivity index (χ3v) is 16.7. The molecule has 0 radical (unpaired) electrons. The molecule has 0 N–H and O–H groups in total. The Bertz CT molecular complexity index is 5310. The largest absolute Gasteiger partial charge is 2.00 e. The number of ether oxygens (including phenoxy) is 2. The summed E-state index contributed by atoms with van der Waals surface area (Å²) in [7, 11) is 0. The van der Waals surface area contributed by atoms with Crippen LogP contribution in [0.1, 0.15) is 73.2 Å². The Morgan fingerprint density at radius 1 is 0.255 bits per heavy atom. The monoisotopic (exact) mass is 1320 g/mol. The van der Waals surface area contributed by atoms with Crippen LogP contribution < -0.4 is 51.1 Å². The minimum absolute atomic E-state index is 0. The Hall–Kier alpha value is -10.9. The number of fused-ring (bicyclic) bond motifs is 16. The number of nitrogens with zero attached hydrogens (tertiary/aromatic N) is 8. The quantitative estimate of drug-likeness (QED) is 0.0876. The Labute approximate surface area is 562 Å². The van der Waals surface area contributed by atoms with E-state index >= 15 is 0 Å². The Morgan fingerprint density at radius 2 is 0.447 bits per heavy atom. The number of benzene rings is 4. The van der Waals surface area contributed by atoms with Gasteiger partial charge in [-0.25, -0.2) is 19.9 Å². The van der Waals surface area contributed by atoms with Crippen molar-refractivity contribution in [2.45, 2.75) is 39.9 Å². The van der Waals surface area contributed by atoms with Crippen molar-refractivity contribution in [1.82, 2.24) is 39.9 Å². The number of aromatic nitrogens is 8. The van der Waals surface area contributed by atoms with Crippen LogP contribution in [0, 0.1) is 0 Å². The number of rotatable bonds is 11.